The molecule has 3 aliphatic rings. The molecule has 0 unspecified atom stereocenters. The van der Waals surface area contributed by atoms with E-state index in [9.17, 15) is 9.59 Å². The molecule has 1 heterocycles. The van der Waals surface area contributed by atoms with E-state index < -0.39 is 0 Å². The second-order valence-corrected chi connectivity index (χ2v) is 5.87. The highest BCUT2D eigenvalue weighted by Crippen LogP contribution is 2.53. The van der Waals surface area contributed by atoms with Crippen molar-refractivity contribution >= 4 is 29.1 Å². The first-order valence-electron chi connectivity index (χ1n) is 6.49. The Morgan fingerprint density at radius 1 is 1.00 bits per heavy atom. The van der Waals surface area contributed by atoms with Crippen LogP contribution in [0.2, 0.25) is 5.02 Å². The van der Waals surface area contributed by atoms with Gasteiger partial charge in [0.05, 0.1) is 22.5 Å². The van der Waals surface area contributed by atoms with Crippen molar-refractivity contribution in [1.29, 1.82) is 0 Å². The summed E-state index contributed by atoms with van der Waals surface area (Å²) >= 11 is 6.12. The molecule has 2 aliphatic carbocycles. The van der Waals surface area contributed by atoms with E-state index in [2.05, 4.69) is 12.2 Å². The molecule has 1 aromatic rings. The average Bonchev–Trinajstić information content (AvgIpc) is 3.06. The van der Waals surface area contributed by atoms with Gasteiger partial charge in [-0.05, 0) is 30.4 Å². The van der Waals surface area contributed by atoms with Gasteiger partial charge in [0.25, 0.3) is 0 Å². The van der Waals surface area contributed by atoms with Crippen LogP contribution in [0.25, 0.3) is 0 Å². The van der Waals surface area contributed by atoms with Gasteiger partial charge >= 0.3 is 0 Å². The van der Waals surface area contributed by atoms with Crippen LogP contribution in [0.3, 0.4) is 0 Å². The van der Waals surface area contributed by atoms with Crippen LogP contribution in [-0.2, 0) is 9.59 Å². The van der Waals surface area contributed by atoms with E-state index in [1.807, 2.05) is 0 Å². The number of amides is 2. The standard InChI is InChI=1S/C15H12ClNO2/c16-10-3-1-2-4-11(10)17-14(18)12-8-5-6-9(7-8)13(12)15(17)19/h1-6,8-9,12-13H,7H2/t8-,9+,12-,13+. The Labute approximate surface area is 115 Å². The zero-order chi connectivity index (χ0) is 13.1. The van der Waals surface area contributed by atoms with Crippen LogP contribution >= 0.6 is 11.6 Å². The Kier molecular flexibility index (Phi) is 2.19. The molecule has 1 aromatic carbocycles. The Balaban J connectivity index is 1.79. The number of carbonyl (C=O) groups is 2. The van der Waals surface area contributed by atoms with Gasteiger partial charge in [-0.1, -0.05) is 35.9 Å². The van der Waals surface area contributed by atoms with Crippen molar-refractivity contribution in [2.75, 3.05) is 4.90 Å². The molecule has 0 radical (unpaired) electrons. The number of hydrogen-bond acceptors (Lipinski definition) is 2. The molecule has 1 saturated heterocycles. The number of nitrogens with zero attached hydrogens (tertiary/aromatic N) is 1. The summed E-state index contributed by atoms with van der Waals surface area (Å²) in [7, 11) is 0. The number of benzene rings is 1. The number of imide groups is 1. The van der Waals surface area contributed by atoms with Crippen LogP contribution in [0.5, 0.6) is 0 Å². The molecule has 2 amide bonds. The van der Waals surface area contributed by atoms with Crippen LogP contribution in [0.15, 0.2) is 36.4 Å². The molecule has 0 spiro atoms. The first-order valence-corrected chi connectivity index (χ1v) is 6.87. The topological polar surface area (TPSA) is 37.4 Å². The van der Waals surface area contributed by atoms with Crippen LogP contribution < -0.4 is 4.90 Å². The van der Waals surface area contributed by atoms with Gasteiger partial charge in [0.15, 0.2) is 0 Å². The van der Waals surface area contributed by atoms with Crippen LogP contribution in [0, 0.1) is 23.7 Å². The number of fused-ring (bicyclic) bond motifs is 5. The number of para-hydroxylation sites is 1. The smallest absolute Gasteiger partial charge is 0.238 e. The minimum absolute atomic E-state index is 0.0834. The summed E-state index contributed by atoms with van der Waals surface area (Å²) in [5.41, 5.74) is 0.521. The van der Waals surface area contributed by atoms with Gasteiger partial charge in [0, 0.05) is 0 Å². The molecule has 4 heteroatoms. The van der Waals surface area contributed by atoms with E-state index in [1.54, 1.807) is 24.3 Å². The molecule has 2 bridgehead atoms. The Morgan fingerprint density at radius 3 is 2.16 bits per heavy atom. The molecule has 0 aromatic heterocycles. The summed E-state index contributed by atoms with van der Waals surface area (Å²) in [6.07, 6.45) is 5.13. The molecular formula is C15H12ClNO2. The zero-order valence-corrected chi connectivity index (χ0v) is 10.9. The maximum atomic E-state index is 12.6. The maximum Gasteiger partial charge on any atom is 0.238 e. The largest absolute Gasteiger partial charge is 0.274 e. The molecule has 0 N–H and O–H groups in total. The first-order chi connectivity index (χ1) is 9.18. The monoisotopic (exact) mass is 273 g/mol. The third-order valence-electron chi connectivity index (χ3n) is 4.56. The number of hydrogen-bond donors (Lipinski definition) is 0. The van der Waals surface area contributed by atoms with Crippen molar-refractivity contribution in [3.63, 3.8) is 0 Å². The maximum absolute atomic E-state index is 12.6. The summed E-state index contributed by atoms with van der Waals surface area (Å²) < 4.78 is 0. The minimum Gasteiger partial charge on any atom is -0.274 e. The molecule has 4 rings (SSSR count). The third-order valence-corrected chi connectivity index (χ3v) is 4.88. The fraction of sp³-hybridized carbons (Fsp3) is 0.333. The quantitative estimate of drug-likeness (QED) is 0.583. The van der Waals surface area contributed by atoms with E-state index in [1.165, 1.54) is 4.90 Å². The Morgan fingerprint density at radius 2 is 1.58 bits per heavy atom. The number of rotatable bonds is 1. The van der Waals surface area contributed by atoms with Crippen molar-refractivity contribution in [1.82, 2.24) is 0 Å². The first kappa shape index (κ1) is 11.2. The number of allylic oxidation sites excluding steroid dienone is 2. The zero-order valence-electron chi connectivity index (χ0n) is 10.1. The highest BCUT2D eigenvalue weighted by molar-refractivity contribution is 6.36. The van der Waals surface area contributed by atoms with E-state index in [4.69, 9.17) is 11.6 Å². The van der Waals surface area contributed by atoms with Crippen LogP contribution in [0.1, 0.15) is 6.42 Å². The summed E-state index contributed by atoms with van der Waals surface area (Å²) in [5.74, 6) is -0.0321. The van der Waals surface area contributed by atoms with Gasteiger partial charge in [0.2, 0.25) is 11.8 Å². The second-order valence-electron chi connectivity index (χ2n) is 5.46. The van der Waals surface area contributed by atoms with Gasteiger partial charge < -0.3 is 0 Å². The predicted molar refractivity (Wildman–Crippen MR) is 71.7 cm³/mol. The number of anilines is 1. The van der Waals surface area contributed by atoms with Gasteiger partial charge in [-0.15, -0.1) is 0 Å². The van der Waals surface area contributed by atoms with Gasteiger partial charge in [-0.25, -0.2) is 4.90 Å². The third kappa shape index (κ3) is 1.34. The van der Waals surface area contributed by atoms with Crippen molar-refractivity contribution in [2.45, 2.75) is 6.42 Å². The normalized spacial score (nSPS) is 35.3. The van der Waals surface area contributed by atoms with Crippen LogP contribution in [-0.4, -0.2) is 11.8 Å². The lowest BCUT2D eigenvalue weighted by Crippen LogP contribution is -2.33. The van der Waals surface area contributed by atoms with Crippen molar-refractivity contribution in [2.24, 2.45) is 23.7 Å². The molecule has 3 nitrogen and oxygen atoms in total. The van der Waals surface area contributed by atoms with Crippen LogP contribution in [0.4, 0.5) is 5.69 Å². The van der Waals surface area contributed by atoms with Crippen molar-refractivity contribution in [3.8, 4) is 0 Å². The lowest BCUT2D eigenvalue weighted by atomic mass is 9.85. The summed E-state index contributed by atoms with van der Waals surface area (Å²) in [6.45, 7) is 0. The molecule has 96 valence electrons. The summed E-state index contributed by atoms with van der Waals surface area (Å²) in [4.78, 5) is 26.4. The predicted octanol–water partition coefficient (Wildman–Crippen LogP) is 2.65. The molecule has 19 heavy (non-hydrogen) atoms. The van der Waals surface area contributed by atoms with Crippen molar-refractivity contribution in [3.05, 3.63) is 41.4 Å². The van der Waals surface area contributed by atoms with E-state index in [0.29, 0.717) is 10.7 Å². The number of halogens is 1. The highest BCUT2D eigenvalue weighted by Gasteiger charge is 2.59. The highest BCUT2D eigenvalue weighted by atomic mass is 35.5. The van der Waals surface area contributed by atoms with Gasteiger partial charge in [-0.3, -0.25) is 9.59 Å². The number of carbonyl (C=O) groups excluding carboxylic acids is 2. The van der Waals surface area contributed by atoms with E-state index >= 15 is 0 Å². The fourth-order valence-electron chi connectivity index (χ4n) is 3.77. The average molecular weight is 274 g/mol. The minimum atomic E-state index is -0.168. The molecular weight excluding hydrogens is 262 g/mol. The van der Waals surface area contributed by atoms with E-state index in [-0.39, 0.29) is 35.5 Å². The van der Waals surface area contributed by atoms with Crippen molar-refractivity contribution < 1.29 is 9.59 Å². The Bertz CT molecular complexity index is 594. The lowest BCUT2D eigenvalue weighted by molar-refractivity contribution is -0.123. The summed E-state index contributed by atoms with van der Waals surface area (Å²) in [5, 5.41) is 0.449. The summed E-state index contributed by atoms with van der Waals surface area (Å²) in [6, 6.07) is 7.03. The van der Waals surface area contributed by atoms with Gasteiger partial charge in [-0.2, -0.15) is 0 Å². The van der Waals surface area contributed by atoms with E-state index in [0.717, 1.165) is 6.42 Å². The molecule has 1 aliphatic heterocycles. The lowest BCUT2D eigenvalue weighted by Gasteiger charge is -2.18. The molecule has 4 atom stereocenters. The van der Waals surface area contributed by atoms with Gasteiger partial charge in [0.1, 0.15) is 0 Å². The molecule has 1 saturated carbocycles. The Hall–Kier alpha value is -1.61. The SMILES string of the molecule is O=C1[C@@H]2[C@H](C(=O)N1c1ccccc1Cl)[C@@H]1C=C[C@H]2C1. The second kappa shape index (κ2) is 3.70. The fourth-order valence-corrected chi connectivity index (χ4v) is 3.99. The molecule has 2 fully saturated rings.